The predicted octanol–water partition coefficient (Wildman–Crippen LogP) is 3.50. The van der Waals surface area contributed by atoms with Gasteiger partial charge in [-0.1, -0.05) is 38.8 Å². The van der Waals surface area contributed by atoms with Crippen LogP contribution in [0.15, 0.2) is 29.3 Å². The lowest BCUT2D eigenvalue weighted by Gasteiger charge is -2.12. The average molecular weight is 516 g/mol. The molecule has 164 valence electrons. The van der Waals surface area contributed by atoms with E-state index < -0.39 is 0 Å². The van der Waals surface area contributed by atoms with Gasteiger partial charge in [0.2, 0.25) is 0 Å². The predicted molar refractivity (Wildman–Crippen MR) is 130 cm³/mol. The first kappa shape index (κ1) is 25.5. The van der Waals surface area contributed by atoms with Gasteiger partial charge in [0.25, 0.3) is 5.91 Å². The van der Waals surface area contributed by atoms with Crippen molar-refractivity contribution in [1.82, 2.24) is 16.0 Å². The second-order valence-corrected chi connectivity index (χ2v) is 7.84. The molecule has 7 heteroatoms. The average Bonchev–Trinajstić information content (AvgIpc) is 3.49. The van der Waals surface area contributed by atoms with Crippen LogP contribution < -0.4 is 20.7 Å². The highest BCUT2D eigenvalue weighted by Gasteiger charge is 2.23. The molecule has 0 spiro atoms. The number of nitrogens with one attached hydrogen (secondary N) is 3. The monoisotopic (exact) mass is 516 g/mol. The van der Waals surface area contributed by atoms with Gasteiger partial charge in [-0.15, -0.1) is 24.0 Å². The third-order valence-electron chi connectivity index (χ3n) is 4.67. The van der Waals surface area contributed by atoms with Crippen molar-refractivity contribution in [2.24, 2.45) is 10.9 Å². The van der Waals surface area contributed by atoms with Gasteiger partial charge in [0, 0.05) is 26.2 Å². The van der Waals surface area contributed by atoms with Crippen LogP contribution >= 0.6 is 24.0 Å². The molecule has 3 N–H and O–H groups in total. The van der Waals surface area contributed by atoms with Crippen LogP contribution in [0.4, 0.5) is 0 Å². The Morgan fingerprint density at radius 2 is 1.83 bits per heavy atom. The Labute approximate surface area is 192 Å². The molecule has 1 amide bonds. The molecule has 1 aliphatic rings. The van der Waals surface area contributed by atoms with Crippen molar-refractivity contribution >= 4 is 35.8 Å². The number of hydrogen-bond acceptors (Lipinski definition) is 3. The first-order valence-electron chi connectivity index (χ1n) is 10.5. The van der Waals surface area contributed by atoms with E-state index in [0.29, 0.717) is 6.04 Å². The van der Waals surface area contributed by atoms with E-state index in [-0.39, 0.29) is 36.5 Å². The number of ether oxygens (including phenoxy) is 1. The van der Waals surface area contributed by atoms with E-state index in [2.05, 4.69) is 34.8 Å². The second kappa shape index (κ2) is 14.5. The fourth-order valence-corrected chi connectivity index (χ4v) is 2.83. The molecule has 0 saturated heterocycles. The van der Waals surface area contributed by atoms with Gasteiger partial charge in [-0.25, -0.2) is 0 Å². The SMILES string of the molecule is CN=C(NCCCCC(C)C)NCCc1ccc(OCC(=O)NC2CC2)cc1.I. The van der Waals surface area contributed by atoms with E-state index in [1.807, 2.05) is 24.3 Å². The summed E-state index contributed by atoms with van der Waals surface area (Å²) < 4.78 is 5.53. The maximum Gasteiger partial charge on any atom is 0.258 e. The van der Waals surface area contributed by atoms with Crippen LogP contribution in [0, 0.1) is 5.92 Å². The van der Waals surface area contributed by atoms with E-state index in [1.54, 1.807) is 7.05 Å². The molecule has 0 aliphatic heterocycles. The summed E-state index contributed by atoms with van der Waals surface area (Å²) in [6.45, 7) is 6.37. The van der Waals surface area contributed by atoms with Crippen LogP contribution in [0.25, 0.3) is 0 Å². The molecule has 0 radical (unpaired) electrons. The Morgan fingerprint density at radius 3 is 2.45 bits per heavy atom. The zero-order chi connectivity index (χ0) is 20.2. The number of benzene rings is 1. The first-order chi connectivity index (χ1) is 13.6. The molecule has 2 rings (SSSR count). The summed E-state index contributed by atoms with van der Waals surface area (Å²) in [4.78, 5) is 15.9. The molecule has 1 saturated carbocycles. The van der Waals surface area contributed by atoms with Crippen LogP contribution in [-0.4, -0.2) is 44.7 Å². The molecule has 6 nitrogen and oxygen atoms in total. The normalized spacial score (nSPS) is 13.6. The smallest absolute Gasteiger partial charge is 0.258 e. The number of carbonyl (C=O) groups is 1. The Hall–Kier alpha value is -1.51. The summed E-state index contributed by atoms with van der Waals surface area (Å²) in [6.07, 6.45) is 6.77. The Balaban J connectivity index is 0.00000420. The summed E-state index contributed by atoms with van der Waals surface area (Å²) in [5.41, 5.74) is 1.22. The summed E-state index contributed by atoms with van der Waals surface area (Å²) in [7, 11) is 1.80. The van der Waals surface area contributed by atoms with E-state index in [0.717, 1.165) is 50.0 Å². The molecule has 1 aromatic carbocycles. The van der Waals surface area contributed by atoms with Gasteiger partial charge in [0.15, 0.2) is 12.6 Å². The summed E-state index contributed by atoms with van der Waals surface area (Å²) in [5.74, 6) is 2.31. The van der Waals surface area contributed by atoms with Crippen LogP contribution in [0.3, 0.4) is 0 Å². The highest BCUT2D eigenvalue weighted by Crippen LogP contribution is 2.18. The van der Waals surface area contributed by atoms with Crippen LogP contribution in [0.2, 0.25) is 0 Å². The molecule has 0 bridgehead atoms. The molecular weight excluding hydrogens is 479 g/mol. The van der Waals surface area contributed by atoms with Gasteiger partial charge in [-0.05, 0) is 49.3 Å². The van der Waals surface area contributed by atoms with Gasteiger partial charge < -0.3 is 20.7 Å². The number of guanidine groups is 1. The zero-order valence-corrected chi connectivity index (χ0v) is 20.3. The van der Waals surface area contributed by atoms with Crippen molar-refractivity contribution in [2.45, 2.75) is 58.4 Å². The van der Waals surface area contributed by atoms with Crippen molar-refractivity contribution in [3.05, 3.63) is 29.8 Å². The Kier molecular flexibility index (Phi) is 12.7. The van der Waals surface area contributed by atoms with Crippen molar-refractivity contribution in [3.8, 4) is 5.75 Å². The Bertz CT molecular complexity index is 616. The third-order valence-corrected chi connectivity index (χ3v) is 4.67. The summed E-state index contributed by atoms with van der Waals surface area (Å²) in [6, 6.07) is 8.29. The molecule has 0 heterocycles. The zero-order valence-electron chi connectivity index (χ0n) is 18.0. The van der Waals surface area contributed by atoms with Gasteiger partial charge >= 0.3 is 0 Å². The molecule has 1 aromatic rings. The topological polar surface area (TPSA) is 74.8 Å². The van der Waals surface area contributed by atoms with Crippen LogP contribution in [-0.2, 0) is 11.2 Å². The maximum atomic E-state index is 11.6. The molecular formula is C22H37IN4O2. The van der Waals surface area contributed by atoms with Gasteiger partial charge in [-0.2, -0.15) is 0 Å². The molecule has 29 heavy (non-hydrogen) atoms. The van der Waals surface area contributed by atoms with E-state index in [4.69, 9.17) is 4.74 Å². The number of hydrogen-bond donors (Lipinski definition) is 3. The summed E-state index contributed by atoms with van der Waals surface area (Å²) >= 11 is 0. The quantitative estimate of drug-likeness (QED) is 0.172. The fourth-order valence-electron chi connectivity index (χ4n) is 2.83. The number of rotatable bonds is 12. The minimum absolute atomic E-state index is 0. The van der Waals surface area contributed by atoms with Crippen LogP contribution in [0.5, 0.6) is 5.75 Å². The van der Waals surface area contributed by atoms with Crippen molar-refractivity contribution < 1.29 is 9.53 Å². The number of halogens is 1. The number of unbranched alkanes of at least 4 members (excludes halogenated alkanes) is 1. The van der Waals surface area contributed by atoms with Crippen molar-refractivity contribution in [3.63, 3.8) is 0 Å². The van der Waals surface area contributed by atoms with Crippen molar-refractivity contribution in [1.29, 1.82) is 0 Å². The lowest BCUT2D eigenvalue weighted by Crippen LogP contribution is -2.38. The minimum atomic E-state index is -0.0427. The lowest BCUT2D eigenvalue weighted by molar-refractivity contribution is -0.123. The largest absolute Gasteiger partial charge is 0.484 e. The van der Waals surface area contributed by atoms with Gasteiger partial charge in [0.1, 0.15) is 5.75 Å². The second-order valence-electron chi connectivity index (χ2n) is 7.84. The Morgan fingerprint density at radius 1 is 1.14 bits per heavy atom. The number of nitrogens with zero attached hydrogens (tertiary/aromatic N) is 1. The van der Waals surface area contributed by atoms with Crippen LogP contribution in [0.1, 0.15) is 51.5 Å². The first-order valence-corrected chi connectivity index (χ1v) is 10.5. The summed E-state index contributed by atoms with van der Waals surface area (Å²) in [5, 5.41) is 9.63. The van der Waals surface area contributed by atoms with E-state index in [9.17, 15) is 4.79 Å². The molecule has 0 unspecified atom stereocenters. The van der Waals surface area contributed by atoms with Gasteiger partial charge in [0.05, 0.1) is 0 Å². The highest BCUT2D eigenvalue weighted by atomic mass is 127. The highest BCUT2D eigenvalue weighted by molar-refractivity contribution is 14.0. The van der Waals surface area contributed by atoms with E-state index in [1.165, 1.54) is 24.8 Å². The van der Waals surface area contributed by atoms with E-state index >= 15 is 0 Å². The number of carbonyl (C=O) groups excluding carboxylic acids is 1. The minimum Gasteiger partial charge on any atom is -0.484 e. The fraction of sp³-hybridized carbons (Fsp3) is 0.636. The molecule has 1 aliphatic carbocycles. The molecule has 0 atom stereocenters. The maximum absolute atomic E-state index is 11.6. The molecule has 1 fully saturated rings. The third kappa shape index (κ3) is 11.9. The lowest BCUT2D eigenvalue weighted by atomic mass is 10.1. The van der Waals surface area contributed by atoms with Gasteiger partial charge in [-0.3, -0.25) is 9.79 Å². The standard InChI is InChI=1S/C22H36N4O2.HI/c1-17(2)6-4-5-14-24-22(23-3)25-15-13-18-7-11-20(12-8-18)28-16-21(27)26-19-9-10-19;/h7-8,11-12,17,19H,4-6,9-10,13-16H2,1-3H3,(H,26,27)(H2,23,24,25);1H. The number of aliphatic imine (C=N–C) groups is 1. The number of amides is 1. The molecule has 0 aromatic heterocycles. The van der Waals surface area contributed by atoms with Crippen molar-refractivity contribution in [2.75, 3.05) is 26.7 Å².